The maximum Gasteiger partial charge on any atom is 0.417 e. The highest BCUT2D eigenvalue weighted by atomic mass is 19.4. The summed E-state index contributed by atoms with van der Waals surface area (Å²) in [6.07, 6.45) is -2.31. The highest BCUT2D eigenvalue weighted by molar-refractivity contribution is 5.80. The summed E-state index contributed by atoms with van der Waals surface area (Å²) in [6, 6.07) is 19.2. The summed E-state index contributed by atoms with van der Waals surface area (Å²) in [5.74, 6) is 0.441. The molecule has 0 aliphatic heterocycles. The van der Waals surface area contributed by atoms with E-state index in [0.29, 0.717) is 23.1 Å². The first-order valence-electron chi connectivity index (χ1n) is 10.0. The number of alkyl halides is 3. The fraction of sp³-hybridized carbons (Fsp3) is 0.0417. The molecular formula is C24H15F3N6O2. The number of aromatic amines is 1. The van der Waals surface area contributed by atoms with Crippen molar-refractivity contribution in [3.05, 3.63) is 100.0 Å². The quantitative estimate of drug-likeness (QED) is 0.300. The van der Waals surface area contributed by atoms with E-state index in [0.717, 1.165) is 12.1 Å². The molecule has 0 unspecified atom stereocenters. The van der Waals surface area contributed by atoms with Crippen molar-refractivity contribution in [1.29, 1.82) is 5.26 Å². The van der Waals surface area contributed by atoms with Crippen LogP contribution in [0.5, 0.6) is 11.6 Å². The van der Waals surface area contributed by atoms with Gasteiger partial charge >= 0.3 is 6.18 Å². The molecule has 0 aliphatic rings. The van der Waals surface area contributed by atoms with Gasteiger partial charge in [-0.1, -0.05) is 30.3 Å². The van der Waals surface area contributed by atoms with Gasteiger partial charge in [0.1, 0.15) is 17.4 Å². The molecule has 0 saturated heterocycles. The number of ether oxygens (including phenoxy) is 1. The third-order valence-corrected chi connectivity index (χ3v) is 4.63. The molecule has 4 aromatic rings. The Morgan fingerprint density at radius 1 is 1.06 bits per heavy atom. The van der Waals surface area contributed by atoms with Crippen LogP contribution < -0.4 is 15.7 Å². The van der Waals surface area contributed by atoms with Crippen molar-refractivity contribution >= 4 is 12.2 Å². The topological polar surface area (TPSA) is 116 Å². The van der Waals surface area contributed by atoms with Crippen LogP contribution in [0, 0.1) is 11.3 Å². The first-order valence-corrected chi connectivity index (χ1v) is 10.0. The van der Waals surface area contributed by atoms with E-state index in [4.69, 9.17) is 4.74 Å². The maximum atomic E-state index is 12.6. The van der Waals surface area contributed by atoms with Crippen LogP contribution in [0.2, 0.25) is 0 Å². The fourth-order valence-electron chi connectivity index (χ4n) is 2.95. The van der Waals surface area contributed by atoms with Crippen LogP contribution in [-0.4, -0.2) is 21.2 Å². The van der Waals surface area contributed by atoms with E-state index in [1.807, 2.05) is 12.1 Å². The van der Waals surface area contributed by atoms with Gasteiger partial charge in [0, 0.05) is 17.8 Å². The number of benzene rings is 2. The van der Waals surface area contributed by atoms with Crippen LogP contribution in [0.1, 0.15) is 16.7 Å². The number of hydrogen-bond acceptors (Lipinski definition) is 7. The van der Waals surface area contributed by atoms with Gasteiger partial charge in [0.15, 0.2) is 0 Å². The van der Waals surface area contributed by atoms with E-state index >= 15 is 0 Å². The molecule has 0 saturated carbocycles. The van der Waals surface area contributed by atoms with E-state index in [1.165, 1.54) is 6.21 Å². The predicted octanol–water partition coefficient (Wildman–Crippen LogP) is 4.96. The van der Waals surface area contributed by atoms with Gasteiger partial charge in [0.2, 0.25) is 11.8 Å². The number of anilines is 1. The molecule has 35 heavy (non-hydrogen) atoms. The lowest BCUT2D eigenvalue weighted by Crippen LogP contribution is -2.16. The Labute approximate surface area is 196 Å². The summed E-state index contributed by atoms with van der Waals surface area (Å²) < 4.78 is 43.3. The molecule has 174 valence electrons. The SMILES string of the molecule is N#Cc1c(-c2ccccc2)nc(NN=Cc2ccc(Oc3ccc(C(F)(F)F)cn3)cc2)[nH]c1=O. The van der Waals surface area contributed by atoms with E-state index in [-0.39, 0.29) is 23.1 Å². The van der Waals surface area contributed by atoms with Gasteiger partial charge in [-0.05, 0) is 35.9 Å². The highest BCUT2D eigenvalue weighted by Crippen LogP contribution is 2.30. The normalized spacial score (nSPS) is 11.3. The molecule has 0 bridgehead atoms. The number of rotatable bonds is 6. The molecule has 4 rings (SSSR count). The van der Waals surface area contributed by atoms with Crippen LogP contribution in [0.3, 0.4) is 0 Å². The Morgan fingerprint density at radius 2 is 1.80 bits per heavy atom. The fourth-order valence-corrected chi connectivity index (χ4v) is 2.95. The van der Waals surface area contributed by atoms with Gasteiger partial charge < -0.3 is 4.74 Å². The number of nitrogens with zero attached hydrogens (tertiary/aromatic N) is 4. The average Bonchev–Trinajstić information content (AvgIpc) is 2.85. The predicted molar refractivity (Wildman–Crippen MR) is 122 cm³/mol. The van der Waals surface area contributed by atoms with Crippen molar-refractivity contribution in [3.63, 3.8) is 0 Å². The zero-order chi connectivity index (χ0) is 24.8. The number of hydrogen-bond donors (Lipinski definition) is 2. The third-order valence-electron chi connectivity index (χ3n) is 4.63. The number of nitriles is 1. The minimum absolute atomic E-state index is 0.0196. The number of halogens is 3. The van der Waals surface area contributed by atoms with Gasteiger partial charge in [-0.15, -0.1) is 0 Å². The number of hydrazone groups is 1. The summed E-state index contributed by atoms with van der Waals surface area (Å²) in [5, 5.41) is 13.4. The molecule has 2 N–H and O–H groups in total. The summed E-state index contributed by atoms with van der Waals surface area (Å²) in [7, 11) is 0. The van der Waals surface area contributed by atoms with Crippen LogP contribution in [-0.2, 0) is 6.18 Å². The third kappa shape index (κ3) is 5.69. The summed E-state index contributed by atoms with van der Waals surface area (Å²) in [6.45, 7) is 0. The van der Waals surface area contributed by atoms with Crippen LogP contribution in [0.25, 0.3) is 11.3 Å². The molecule has 0 radical (unpaired) electrons. The lowest BCUT2D eigenvalue weighted by molar-refractivity contribution is -0.137. The molecule has 0 fully saturated rings. The second-order valence-corrected chi connectivity index (χ2v) is 7.04. The molecule has 2 aromatic heterocycles. The first-order chi connectivity index (χ1) is 16.8. The smallest absolute Gasteiger partial charge is 0.417 e. The minimum atomic E-state index is -4.47. The van der Waals surface area contributed by atoms with Crippen molar-refractivity contribution in [3.8, 4) is 29.0 Å². The number of aromatic nitrogens is 3. The summed E-state index contributed by atoms with van der Waals surface area (Å²) in [5.41, 5.74) is 2.56. The summed E-state index contributed by atoms with van der Waals surface area (Å²) >= 11 is 0. The first kappa shape index (κ1) is 23.2. The molecule has 0 atom stereocenters. The van der Waals surface area contributed by atoms with Crippen molar-refractivity contribution in [2.45, 2.75) is 6.18 Å². The van der Waals surface area contributed by atoms with Gasteiger partial charge in [0.25, 0.3) is 5.56 Å². The van der Waals surface area contributed by atoms with E-state index in [2.05, 4.69) is 25.5 Å². The van der Waals surface area contributed by atoms with Gasteiger partial charge in [0.05, 0.1) is 17.5 Å². The second-order valence-electron chi connectivity index (χ2n) is 7.04. The molecule has 0 spiro atoms. The molecule has 0 amide bonds. The standard InChI is InChI=1S/C24H15F3N6O2/c25-24(26,27)17-8-11-20(29-14-17)35-18-9-6-15(7-10-18)13-30-33-23-31-21(16-4-2-1-3-5-16)19(12-28)22(34)32-23/h1-11,13-14H,(H2,31,32,33,34). The van der Waals surface area contributed by atoms with Crippen LogP contribution in [0.4, 0.5) is 19.1 Å². The molecule has 2 aromatic carbocycles. The molecule has 8 nitrogen and oxygen atoms in total. The number of nitrogens with one attached hydrogen (secondary N) is 2. The molecular weight excluding hydrogens is 461 g/mol. The minimum Gasteiger partial charge on any atom is -0.439 e. The number of H-pyrrole nitrogens is 1. The Hall–Kier alpha value is -4.98. The van der Waals surface area contributed by atoms with Crippen LogP contribution in [0.15, 0.2) is 82.8 Å². The van der Waals surface area contributed by atoms with E-state index in [1.54, 1.807) is 48.5 Å². The monoisotopic (exact) mass is 476 g/mol. The molecule has 11 heteroatoms. The van der Waals surface area contributed by atoms with E-state index < -0.39 is 17.3 Å². The number of pyridine rings is 1. The van der Waals surface area contributed by atoms with Crippen LogP contribution >= 0.6 is 0 Å². The van der Waals surface area contributed by atoms with Crippen molar-refractivity contribution < 1.29 is 17.9 Å². The maximum absolute atomic E-state index is 12.6. The van der Waals surface area contributed by atoms with Gasteiger partial charge in [-0.2, -0.15) is 23.5 Å². The Bertz CT molecular complexity index is 1440. The van der Waals surface area contributed by atoms with Crippen molar-refractivity contribution in [2.75, 3.05) is 5.43 Å². The lowest BCUT2D eigenvalue weighted by Gasteiger charge is -2.08. The second kappa shape index (κ2) is 9.88. The largest absolute Gasteiger partial charge is 0.439 e. The zero-order valence-corrected chi connectivity index (χ0v) is 17.7. The van der Waals surface area contributed by atoms with Gasteiger partial charge in [-0.3, -0.25) is 9.78 Å². The summed E-state index contributed by atoms with van der Waals surface area (Å²) in [4.78, 5) is 22.7. The van der Waals surface area contributed by atoms with Crippen molar-refractivity contribution in [1.82, 2.24) is 15.0 Å². The Morgan fingerprint density at radius 3 is 2.43 bits per heavy atom. The zero-order valence-electron chi connectivity index (χ0n) is 17.7. The van der Waals surface area contributed by atoms with Gasteiger partial charge in [-0.25, -0.2) is 15.4 Å². The Kier molecular flexibility index (Phi) is 6.55. The lowest BCUT2D eigenvalue weighted by atomic mass is 10.1. The van der Waals surface area contributed by atoms with E-state index in [9.17, 15) is 23.2 Å². The van der Waals surface area contributed by atoms with Crippen molar-refractivity contribution in [2.24, 2.45) is 5.10 Å². The Balaban J connectivity index is 1.43. The highest BCUT2D eigenvalue weighted by Gasteiger charge is 2.30. The molecule has 2 heterocycles. The average molecular weight is 476 g/mol. The molecule has 0 aliphatic carbocycles.